The number of pyridine rings is 1. The lowest BCUT2D eigenvalue weighted by Gasteiger charge is -2.09. The summed E-state index contributed by atoms with van der Waals surface area (Å²) in [6, 6.07) is 6.91. The first-order valence-electron chi connectivity index (χ1n) is 5.91. The fraction of sp³-hybridized carbons (Fsp3) is 0. The van der Waals surface area contributed by atoms with Crippen molar-refractivity contribution >= 4 is 28.5 Å². The summed E-state index contributed by atoms with van der Waals surface area (Å²) < 4.78 is 5.41. The number of carboxylic acids is 1. The number of halogens is 1. The van der Waals surface area contributed by atoms with Crippen molar-refractivity contribution in [1.82, 2.24) is 15.0 Å². The first kappa shape index (κ1) is 13.3. The van der Waals surface area contributed by atoms with Crippen molar-refractivity contribution in [3.63, 3.8) is 0 Å². The number of aromatic carboxylic acids is 1. The van der Waals surface area contributed by atoms with Gasteiger partial charge in [0.2, 0.25) is 0 Å². The van der Waals surface area contributed by atoms with Crippen LogP contribution in [0.5, 0.6) is 11.8 Å². The van der Waals surface area contributed by atoms with Gasteiger partial charge in [0.15, 0.2) is 5.75 Å². The lowest BCUT2D eigenvalue weighted by Crippen LogP contribution is -2.03. The maximum atomic E-state index is 11.5. The van der Waals surface area contributed by atoms with Crippen molar-refractivity contribution in [2.75, 3.05) is 0 Å². The van der Waals surface area contributed by atoms with Crippen LogP contribution < -0.4 is 4.74 Å². The molecule has 7 heteroatoms. The molecule has 0 bridgehead atoms. The minimum Gasteiger partial charge on any atom is -0.478 e. The molecule has 0 unspecified atom stereocenters. The van der Waals surface area contributed by atoms with Gasteiger partial charge >= 0.3 is 12.0 Å². The van der Waals surface area contributed by atoms with E-state index in [-0.39, 0.29) is 17.3 Å². The molecule has 0 radical (unpaired) electrons. The summed E-state index contributed by atoms with van der Waals surface area (Å²) in [6.45, 7) is 0. The molecule has 6 nitrogen and oxygen atoms in total. The summed E-state index contributed by atoms with van der Waals surface area (Å²) in [5, 5.41) is 10.3. The Bertz CT molecular complexity index is 821. The zero-order valence-electron chi connectivity index (χ0n) is 10.5. The number of aromatic nitrogens is 3. The van der Waals surface area contributed by atoms with Crippen molar-refractivity contribution in [2.45, 2.75) is 0 Å². The van der Waals surface area contributed by atoms with Crippen LogP contribution in [0.2, 0.25) is 5.02 Å². The third-order valence-electron chi connectivity index (χ3n) is 2.75. The number of para-hydroxylation sites is 1. The molecule has 0 aliphatic rings. The normalized spacial score (nSPS) is 10.5. The minimum absolute atomic E-state index is 0.000943. The predicted molar refractivity (Wildman–Crippen MR) is 75.8 cm³/mol. The summed E-state index contributed by atoms with van der Waals surface area (Å²) in [4.78, 5) is 23.4. The molecule has 0 fully saturated rings. The van der Waals surface area contributed by atoms with Crippen LogP contribution in [0.3, 0.4) is 0 Å². The van der Waals surface area contributed by atoms with Crippen LogP contribution in [0.15, 0.2) is 42.9 Å². The van der Waals surface area contributed by atoms with E-state index in [0.29, 0.717) is 15.9 Å². The molecule has 0 spiro atoms. The number of nitrogens with zero attached hydrogens (tertiary/aromatic N) is 3. The predicted octanol–water partition coefficient (Wildman–Crippen LogP) is 3.17. The van der Waals surface area contributed by atoms with Gasteiger partial charge in [-0.25, -0.2) is 14.8 Å². The fourth-order valence-electron chi connectivity index (χ4n) is 1.87. The lowest BCUT2D eigenvalue weighted by molar-refractivity contribution is 0.0696. The van der Waals surface area contributed by atoms with E-state index in [1.165, 1.54) is 18.6 Å². The molecule has 3 aromatic rings. The number of benzene rings is 1. The number of carboxylic acid groups (broad SMARTS) is 1. The Balaban J connectivity index is 2.11. The topological polar surface area (TPSA) is 85.2 Å². The van der Waals surface area contributed by atoms with Gasteiger partial charge in [0.05, 0.1) is 29.1 Å². The second kappa shape index (κ2) is 5.34. The molecule has 0 atom stereocenters. The molecule has 1 aromatic carbocycles. The van der Waals surface area contributed by atoms with Crippen LogP contribution in [-0.2, 0) is 0 Å². The Morgan fingerprint density at radius 2 is 1.81 bits per heavy atom. The van der Waals surface area contributed by atoms with E-state index in [4.69, 9.17) is 16.3 Å². The van der Waals surface area contributed by atoms with Crippen molar-refractivity contribution in [3.8, 4) is 11.8 Å². The number of hydrogen-bond donors (Lipinski definition) is 1. The van der Waals surface area contributed by atoms with Crippen LogP contribution in [0.4, 0.5) is 0 Å². The van der Waals surface area contributed by atoms with E-state index < -0.39 is 5.97 Å². The van der Waals surface area contributed by atoms with E-state index in [9.17, 15) is 9.90 Å². The maximum Gasteiger partial charge on any atom is 0.340 e. The van der Waals surface area contributed by atoms with Crippen LogP contribution >= 0.6 is 11.6 Å². The summed E-state index contributed by atoms with van der Waals surface area (Å²) in [5.74, 6) is -1.04. The molecular formula is C14H8ClN3O3. The van der Waals surface area contributed by atoms with Gasteiger partial charge in [-0.15, -0.1) is 0 Å². The van der Waals surface area contributed by atoms with E-state index in [2.05, 4.69) is 15.0 Å². The molecule has 2 aromatic heterocycles. The highest BCUT2D eigenvalue weighted by molar-refractivity contribution is 6.30. The van der Waals surface area contributed by atoms with Crippen LogP contribution in [0, 0.1) is 0 Å². The van der Waals surface area contributed by atoms with Gasteiger partial charge in [-0.3, -0.25) is 4.98 Å². The number of hydrogen-bond acceptors (Lipinski definition) is 5. The van der Waals surface area contributed by atoms with Gasteiger partial charge in [-0.2, -0.15) is 0 Å². The summed E-state index contributed by atoms with van der Waals surface area (Å²) in [7, 11) is 0. The highest BCUT2D eigenvalue weighted by Gasteiger charge is 2.17. The second-order valence-corrected chi connectivity index (χ2v) is 4.54. The van der Waals surface area contributed by atoms with Gasteiger partial charge in [0, 0.05) is 5.39 Å². The van der Waals surface area contributed by atoms with E-state index in [1.807, 2.05) is 0 Å². The smallest absolute Gasteiger partial charge is 0.340 e. The van der Waals surface area contributed by atoms with Gasteiger partial charge in [0.1, 0.15) is 5.56 Å². The second-order valence-electron chi connectivity index (χ2n) is 4.11. The Morgan fingerprint density at radius 1 is 1.10 bits per heavy atom. The Labute approximate surface area is 124 Å². The van der Waals surface area contributed by atoms with Crippen molar-refractivity contribution in [2.24, 2.45) is 0 Å². The number of rotatable bonds is 3. The van der Waals surface area contributed by atoms with Crippen LogP contribution in [0.1, 0.15) is 10.4 Å². The van der Waals surface area contributed by atoms with Gasteiger partial charge in [-0.1, -0.05) is 29.8 Å². The molecule has 0 aliphatic heterocycles. The largest absolute Gasteiger partial charge is 0.478 e. The molecule has 104 valence electrons. The Morgan fingerprint density at radius 3 is 2.52 bits per heavy atom. The van der Waals surface area contributed by atoms with Crippen molar-refractivity contribution in [3.05, 3.63) is 53.4 Å². The van der Waals surface area contributed by atoms with Crippen molar-refractivity contribution < 1.29 is 14.6 Å². The van der Waals surface area contributed by atoms with E-state index in [0.717, 1.165) is 0 Å². The molecule has 0 saturated heterocycles. The summed E-state index contributed by atoms with van der Waals surface area (Å²) in [6.07, 6.45) is 4.06. The molecule has 0 aliphatic carbocycles. The quantitative estimate of drug-likeness (QED) is 0.799. The third kappa shape index (κ3) is 2.61. The standard InChI is InChI=1S/C14H8ClN3O3/c15-8-5-17-14(18-6-8)21-11-7-16-10-4-2-1-3-9(10)12(11)13(19)20/h1-7H,(H,19,20). The van der Waals surface area contributed by atoms with E-state index in [1.54, 1.807) is 24.3 Å². The van der Waals surface area contributed by atoms with Gasteiger partial charge < -0.3 is 9.84 Å². The van der Waals surface area contributed by atoms with Gasteiger partial charge in [-0.05, 0) is 6.07 Å². The van der Waals surface area contributed by atoms with Crippen LogP contribution in [-0.4, -0.2) is 26.0 Å². The van der Waals surface area contributed by atoms with Crippen molar-refractivity contribution in [1.29, 1.82) is 0 Å². The molecular weight excluding hydrogens is 294 g/mol. The SMILES string of the molecule is O=C(O)c1c(Oc2ncc(Cl)cn2)cnc2ccccc12. The van der Waals surface area contributed by atoms with E-state index >= 15 is 0 Å². The molecule has 0 amide bonds. The summed E-state index contributed by atoms with van der Waals surface area (Å²) in [5.41, 5.74) is 0.582. The first-order chi connectivity index (χ1) is 10.1. The van der Waals surface area contributed by atoms with Gasteiger partial charge in [0.25, 0.3) is 0 Å². The number of ether oxygens (including phenoxy) is 1. The molecule has 21 heavy (non-hydrogen) atoms. The fourth-order valence-corrected chi connectivity index (χ4v) is 1.97. The first-order valence-corrected chi connectivity index (χ1v) is 6.29. The third-order valence-corrected chi connectivity index (χ3v) is 2.95. The molecule has 0 saturated carbocycles. The Kier molecular flexibility index (Phi) is 3.37. The minimum atomic E-state index is -1.11. The Hall–Kier alpha value is -2.73. The average molecular weight is 302 g/mol. The highest BCUT2D eigenvalue weighted by Crippen LogP contribution is 2.28. The zero-order valence-corrected chi connectivity index (χ0v) is 11.3. The highest BCUT2D eigenvalue weighted by atomic mass is 35.5. The zero-order chi connectivity index (χ0) is 14.8. The molecule has 1 N–H and O–H groups in total. The molecule has 2 heterocycles. The maximum absolute atomic E-state index is 11.5. The summed E-state index contributed by atoms with van der Waals surface area (Å²) >= 11 is 5.69. The van der Waals surface area contributed by atoms with Crippen LogP contribution in [0.25, 0.3) is 10.9 Å². The average Bonchev–Trinajstić information content (AvgIpc) is 2.49. The number of carbonyl (C=O) groups is 1. The molecule has 3 rings (SSSR count). The lowest BCUT2D eigenvalue weighted by atomic mass is 10.1. The number of fused-ring (bicyclic) bond motifs is 1. The monoisotopic (exact) mass is 301 g/mol.